The molecule has 1 atom stereocenters. The van der Waals surface area contributed by atoms with Crippen molar-refractivity contribution in [2.24, 2.45) is 0 Å². The lowest BCUT2D eigenvalue weighted by molar-refractivity contribution is -0.135. The molecule has 24 heavy (non-hydrogen) atoms. The van der Waals surface area contributed by atoms with Crippen molar-refractivity contribution in [2.75, 3.05) is 39.3 Å². The van der Waals surface area contributed by atoms with E-state index >= 15 is 0 Å². The molecule has 2 heterocycles. The van der Waals surface area contributed by atoms with Crippen molar-refractivity contribution in [3.8, 4) is 0 Å². The highest BCUT2D eigenvalue weighted by atomic mass is 19.1. The van der Waals surface area contributed by atoms with Crippen molar-refractivity contribution >= 4 is 5.91 Å². The highest BCUT2D eigenvalue weighted by Crippen LogP contribution is 2.49. The predicted octanol–water partition coefficient (Wildman–Crippen LogP) is 2.18. The van der Waals surface area contributed by atoms with Crippen LogP contribution in [0.5, 0.6) is 0 Å². The van der Waals surface area contributed by atoms with Gasteiger partial charge in [0.05, 0.1) is 11.5 Å². The van der Waals surface area contributed by atoms with E-state index in [4.69, 9.17) is 4.74 Å². The average molecular weight is 332 g/mol. The molecule has 1 aromatic carbocycles. The van der Waals surface area contributed by atoms with Crippen molar-refractivity contribution in [2.45, 2.75) is 37.2 Å². The molecular weight excluding hydrogens is 307 g/mol. The number of piperazine rings is 1. The molecule has 4 nitrogen and oxygen atoms in total. The first-order chi connectivity index (χ1) is 11.7. The maximum atomic E-state index is 13.2. The van der Waals surface area contributed by atoms with Gasteiger partial charge in [0.1, 0.15) is 5.82 Å². The minimum Gasteiger partial charge on any atom is -0.377 e. The number of carbonyl (C=O) groups is 1. The normalized spacial score (nSPS) is 26.5. The van der Waals surface area contributed by atoms with Gasteiger partial charge in [-0.25, -0.2) is 4.39 Å². The van der Waals surface area contributed by atoms with Crippen molar-refractivity contribution < 1.29 is 13.9 Å². The summed E-state index contributed by atoms with van der Waals surface area (Å²) in [4.78, 5) is 17.4. The Balaban J connectivity index is 1.35. The lowest BCUT2D eigenvalue weighted by Gasteiger charge is -2.37. The highest BCUT2D eigenvalue weighted by molar-refractivity contribution is 5.91. The zero-order valence-electron chi connectivity index (χ0n) is 14.0. The van der Waals surface area contributed by atoms with Gasteiger partial charge < -0.3 is 9.64 Å². The molecule has 3 fully saturated rings. The fraction of sp³-hybridized carbons (Fsp3) is 0.632. The van der Waals surface area contributed by atoms with E-state index < -0.39 is 0 Å². The Morgan fingerprint density at radius 1 is 1.17 bits per heavy atom. The van der Waals surface area contributed by atoms with Gasteiger partial charge in [0.25, 0.3) is 0 Å². The Hall–Kier alpha value is -1.46. The molecule has 0 bridgehead atoms. The number of nitrogens with zero attached hydrogens (tertiary/aromatic N) is 2. The van der Waals surface area contributed by atoms with E-state index in [2.05, 4.69) is 4.90 Å². The van der Waals surface area contributed by atoms with Gasteiger partial charge in [0.2, 0.25) is 5.91 Å². The highest BCUT2D eigenvalue weighted by Gasteiger charge is 2.53. The van der Waals surface area contributed by atoms with Gasteiger partial charge in [0, 0.05) is 39.3 Å². The van der Waals surface area contributed by atoms with Crippen LogP contribution >= 0.6 is 0 Å². The van der Waals surface area contributed by atoms with Gasteiger partial charge in [-0.15, -0.1) is 0 Å². The molecule has 4 rings (SSSR count). The molecule has 130 valence electrons. The van der Waals surface area contributed by atoms with Crippen LogP contribution in [-0.4, -0.2) is 61.1 Å². The summed E-state index contributed by atoms with van der Waals surface area (Å²) in [5.41, 5.74) is 0.584. The maximum Gasteiger partial charge on any atom is 0.233 e. The predicted molar refractivity (Wildman–Crippen MR) is 89.3 cm³/mol. The quantitative estimate of drug-likeness (QED) is 0.847. The first-order valence-electron chi connectivity index (χ1n) is 9.07. The van der Waals surface area contributed by atoms with Crippen LogP contribution in [0.15, 0.2) is 24.3 Å². The van der Waals surface area contributed by atoms with Crippen molar-refractivity contribution in [3.63, 3.8) is 0 Å². The number of benzene rings is 1. The molecule has 1 unspecified atom stereocenters. The van der Waals surface area contributed by atoms with E-state index in [1.165, 1.54) is 18.6 Å². The van der Waals surface area contributed by atoms with Crippen LogP contribution in [0.1, 0.15) is 31.2 Å². The molecule has 1 saturated carbocycles. The standard InChI is InChI=1S/C19H25FN2O2/c20-16-5-3-15(4-6-16)19(7-8-19)18(23)22-11-9-21(10-12-22)14-17-2-1-13-24-17/h3-6,17H,1-2,7-14H2. The van der Waals surface area contributed by atoms with Gasteiger partial charge in [-0.1, -0.05) is 12.1 Å². The molecule has 0 N–H and O–H groups in total. The van der Waals surface area contributed by atoms with E-state index in [-0.39, 0.29) is 17.1 Å². The van der Waals surface area contributed by atoms with Crippen molar-refractivity contribution in [3.05, 3.63) is 35.6 Å². The third-order valence-electron chi connectivity index (χ3n) is 5.70. The maximum absolute atomic E-state index is 13.2. The van der Waals surface area contributed by atoms with Crippen LogP contribution in [0.25, 0.3) is 0 Å². The monoisotopic (exact) mass is 332 g/mol. The topological polar surface area (TPSA) is 32.8 Å². The summed E-state index contributed by atoms with van der Waals surface area (Å²) in [6.07, 6.45) is 4.47. The molecule has 0 spiro atoms. The van der Waals surface area contributed by atoms with Crippen molar-refractivity contribution in [1.29, 1.82) is 0 Å². The van der Waals surface area contributed by atoms with Gasteiger partial charge in [-0.2, -0.15) is 0 Å². The first kappa shape index (κ1) is 16.0. The summed E-state index contributed by atoms with van der Waals surface area (Å²) in [5.74, 6) is -0.0179. The second kappa shape index (κ2) is 6.45. The minimum absolute atomic E-state index is 0.228. The van der Waals surface area contributed by atoms with E-state index in [0.29, 0.717) is 6.10 Å². The summed E-state index contributed by atoms with van der Waals surface area (Å²) < 4.78 is 18.9. The Morgan fingerprint density at radius 2 is 1.88 bits per heavy atom. The fourth-order valence-electron chi connectivity index (χ4n) is 4.03. The summed E-state index contributed by atoms with van der Waals surface area (Å²) in [6, 6.07) is 6.46. The number of amides is 1. The second-order valence-corrected chi connectivity index (χ2v) is 7.32. The number of carbonyl (C=O) groups excluding carboxylic acids is 1. The van der Waals surface area contributed by atoms with Gasteiger partial charge in [0.15, 0.2) is 0 Å². The third kappa shape index (κ3) is 3.07. The zero-order valence-corrected chi connectivity index (χ0v) is 14.0. The Labute approximate surface area is 142 Å². The molecule has 3 aliphatic rings. The summed E-state index contributed by atoms with van der Waals surface area (Å²) in [6.45, 7) is 5.30. The molecule has 5 heteroatoms. The Kier molecular flexibility index (Phi) is 4.31. The van der Waals surface area contributed by atoms with Gasteiger partial charge in [-0.05, 0) is 43.4 Å². The largest absolute Gasteiger partial charge is 0.377 e. The second-order valence-electron chi connectivity index (χ2n) is 7.32. The smallest absolute Gasteiger partial charge is 0.233 e. The number of halogens is 1. The van der Waals surface area contributed by atoms with Crippen LogP contribution < -0.4 is 0 Å². The van der Waals surface area contributed by atoms with Crippen LogP contribution in [0.4, 0.5) is 4.39 Å². The van der Waals surface area contributed by atoms with Crippen molar-refractivity contribution in [1.82, 2.24) is 9.80 Å². The number of hydrogen-bond donors (Lipinski definition) is 0. The number of hydrogen-bond acceptors (Lipinski definition) is 3. The van der Waals surface area contributed by atoms with Gasteiger partial charge in [-0.3, -0.25) is 9.69 Å². The molecule has 1 aromatic rings. The number of ether oxygens (including phenoxy) is 1. The molecule has 1 amide bonds. The molecular formula is C19H25FN2O2. The lowest BCUT2D eigenvalue weighted by atomic mass is 9.94. The first-order valence-corrected chi connectivity index (χ1v) is 9.07. The van der Waals surface area contributed by atoms with E-state index in [0.717, 1.165) is 64.2 Å². The van der Waals surface area contributed by atoms with E-state index in [1.54, 1.807) is 12.1 Å². The Morgan fingerprint density at radius 3 is 2.46 bits per heavy atom. The molecule has 0 aromatic heterocycles. The third-order valence-corrected chi connectivity index (χ3v) is 5.70. The van der Waals surface area contributed by atoms with E-state index in [1.807, 2.05) is 4.90 Å². The summed E-state index contributed by atoms with van der Waals surface area (Å²) in [5, 5.41) is 0. The summed E-state index contributed by atoms with van der Waals surface area (Å²) in [7, 11) is 0. The minimum atomic E-state index is -0.384. The molecule has 2 aliphatic heterocycles. The zero-order chi connectivity index (χ0) is 16.6. The molecule has 1 aliphatic carbocycles. The molecule has 2 saturated heterocycles. The Bertz CT molecular complexity index is 586. The van der Waals surface area contributed by atoms with E-state index in [9.17, 15) is 9.18 Å². The van der Waals surface area contributed by atoms with Crippen LogP contribution in [0, 0.1) is 5.82 Å². The lowest BCUT2D eigenvalue weighted by Crippen LogP contribution is -2.52. The fourth-order valence-corrected chi connectivity index (χ4v) is 4.03. The average Bonchev–Trinajstić information content (AvgIpc) is 3.26. The van der Waals surface area contributed by atoms with Crippen LogP contribution in [0.3, 0.4) is 0 Å². The SMILES string of the molecule is O=C(N1CCN(CC2CCCO2)CC1)C1(c2ccc(F)cc2)CC1. The summed E-state index contributed by atoms with van der Waals surface area (Å²) >= 11 is 0. The van der Waals surface area contributed by atoms with Gasteiger partial charge >= 0.3 is 0 Å². The van der Waals surface area contributed by atoms with Crippen LogP contribution in [-0.2, 0) is 14.9 Å². The molecule has 0 radical (unpaired) electrons. The van der Waals surface area contributed by atoms with Crippen LogP contribution in [0.2, 0.25) is 0 Å². The number of rotatable bonds is 4.